The fourth-order valence-electron chi connectivity index (χ4n) is 1.57. The highest BCUT2D eigenvalue weighted by atomic mass is 16.5. The van der Waals surface area contributed by atoms with Gasteiger partial charge in [0.2, 0.25) is 0 Å². The van der Waals surface area contributed by atoms with Crippen molar-refractivity contribution in [2.45, 2.75) is 40.0 Å². The normalized spacial score (nSPS) is 10.4. The quantitative estimate of drug-likeness (QED) is 0.567. The number of benzene rings is 1. The third-order valence-electron chi connectivity index (χ3n) is 2.56. The van der Waals surface area contributed by atoms with Gasteiger partial charge in [0.25, 0.3) is 0 Å². The van der Waals surface area contributed by atoms with E-state index >= 15 is 0 Å². The second kappa shape index (κ2) is 8.35. The average Bonchev–Trinajstić information content (AvgIpc) is 2.36. The highest BCUT2D eigenvalue weighted by molar-refractivity contribution is 5.74. The van der Waals surface area contributed by atoms with Crippen LogP contribution in [0.2, 0.25) is 0 Å². The molecule has 0 saturated carbocycles. The maximum atomic E-state index is 11.6. The number of carbonyl (C=O) groups excluding carboxylic acids is 2. The zero-order chi connectivity index (χ0) is 15.0. The molecule has 4 heteroatoms. The molecule has 0 aliphatic rings. The number of hydrogen-bond acceptors (Lipinski definition) is 4. The monoisotopic (exact) mass is 278 g/mol. The highest BCUT2D eigenvalue weighted by Crippen LogP contribution is 2.13. The summed E-state index contributed by atoms with van der Waals surface area (Å²) in [4.78, 5) is 23.0. The molecule has 0 N–H and O–H groups in total. The van der Waals surface area contributed by atoms with Crippen LogP contribution in [0.3, 0.4) is 0 Å². The Bertz CT molecular complexity index is 452. The molecule has 0 heterocycles. The summed E-state index contributed by atoms with van der Waals surface area (Å²) < 4.78 is 10.2. The van der Waals surface area contributed by atoms with Crippen LogP contribution in [0, 0.1) is 12.8 Å². The molecule has 0 bridgehead atoms. The number of ether oxygens (including phenoxy) is 2. The van der Waals surface area contributed by atoms with Gasteiger partial charge in [-0.1, -0.05) is 26.0 Å². The predicted molar refractivity (Wildman–Crippen MR) is 76.5 cm³/mol. The summed E-state index contributed by atoms with van der Waals surface area (Å²) in [5, 5.41) is 0. The lowest BCUT2D eigenvalue weighted by atomic mass is 10.2. The van der Waals surface area contributed by atoms with Crippen LogP contribution in [-0.4, -0.2) is 18.5 Å². The molecule has 1 aromatic carbocycles. The van der Waals surface area contributed by atoms with Gasteiger partial charge < -0.3 is 9.47 Å². The molecule has 0 amide bonds. The van der Waals surface area contributed by atoms with Gasteiger partial charge in [0.1, 0.15) is 5.75 Å². The molecule has 0 fully saturated rings. The molecule has 0 radical (unpaired) electrons. The maximum Gasteiger partial charge on any atom is 0.311 e. The van der Waals surface area contributed by atoms with Gasteiger partial charge in [0.15, 0.2) is 0 Å². The van der Waals surface area contributed by atoms with E-state index in [-0.39, 0.29) is 24.8 Å². The minimum Gasteiger partial charge on any atom is -0.465 e. The van der Waals surface area contributed by atoms with Gasteiger partial charge in [0.05, 0.1) is 6.61 Å². The van der Waals surface area contributed by atoms with Crippen molar-refractivity contribution in [1.82, 2.24) is 0 Å². The number of carbonyl (C=O) groups is 2. The molecule has 1 aromatic rings. The Hall–Kier alpha value is -1.84. The lowest BCUT2D eigenvalue weighted by Crippen LogP contribution is -2.12. The molecule has 0 atom stereocenters. The van der Waals surface area contributed by atoms with Crippen LogP contribution in [-0.2, 0) is 14.3 Å². The molecule has 20 heavy (non-hydrogen) atoms. The Kier molecular flexibility index (Phi) is 6.77. The molecule has 0 saturated heterocycles. The number of esters is 2. The van der Waals surface area contributed by atoms with Gasteiger partial charge in [-0.3, -0.25) is 9.59 Å². The Morgan fingerprint density at radius 3 is 2.50 bits per heavy atom. The predicted octanol–water partition coefficient (Wildman–Crippen LogP) is 3.27. The van der Waals surface area contributed by atoms with E-state index in [4.69, 9.17) is 9.47 Å². The van der Waals surface area contributed by atoms with E-state index in [0.717, 1.165) is 5.56 Å². The van der Waals surface area contributed by atoms with Crippen molar-refractivity contribution in [3.8, 4) is 5.75 Å². The second-order valence-corrected chi connectivity index (χ2v) is 5.22. The van der Waals surface area contributed by atoms with E-state index in [9.17, 15) is 9.59 Å². The van der Waals surface area contributed by atoms with Crippen LogP contribution < -0.4 is 4.74 Å². The molecular formula is C16H22O4. The van der Waals surface area contributed by atoms with Gasteiger partial charge in [-0.2, -0.15) is 0 Å². The minimum absolute atomic E-state index is 0.213. The van der Waals surface area contributed by atoms with E-state index in [0.29, 0.717) is 24.7 Å². The Balaban J connectivity index is 2.22. The summed E-state index contributed by atoms with van der Waals surface area (Å²) in [6.07, 6.45) is 0.905. The van der Waals surface area contributed by atoms with E-state index in [1.807, 2.05) is 32.9 Å². The Morgan fingerprint density at radius 1 is 1.15 bits per heavy atom. The smallest absolute Gasteiger partial charge is 0.311 e. The summed E-state index contributed by atoms with van der Waals surface area (Å²) in [6, 6.07) is 7.31. The zero-order valence-electron chi connectivity index (χ0n) is 12.3. The van der Waals surface area contributed by atoms with Crippen LogP contribution >= 0.6 is 0 Å². The van der Waals surface area contributed by atoms with Crippen molar-refractivity contribution in [2.75, 3.05) is 6.61 Å². The molecular weight excluding hydrogens is 256 g/mol. The van der Waals surface area contributed by atoms with Crippen LogP contribution in [0.15, 0.2) is 24.3 Å². The van der Waals surface area contributed by atoms with Crippen LogP contribution in [0.5, 0.6) is 5.75 Å². The molecule has 4 nitrogen and oxygen atoms in total. The standard InChI is InChI=1S/C16H22O4/c1-12(2)11-19-15(17)8-5-9-16(18)20-14-7-4-6-13(3)10-14/h4,6-7,10,12H,5,8-9,11H2,1-3H3. The average molecular weight is 278 g/mol. The first kappa shape index (κ1) is 16.2. The fourth-order valence-corrected chi connectivity index (χ4v) is 1.57. The summed E-state index contributed by atoms with van der Waals surface area (Å²) in [5.74, 6) is 0.275. The molecule has 0 aliphatic carbocycles. The van der Waals surface area contributed by atoms with E-state index < -0.39 is 0 Å². The van der Waals surface area contributed by atoms with Gasteiger partial charge in [0, 0.05) is 12.8 Å². The second-order valence-electron chi connectivity index (χ2n) is 5.22. The zero-order valence-corrected chi connectivity index (χ0v) is 12.3. The highest BCUT2D eigenvalue weighted by Gasteiger charge is 2.09. The van der Waals surface area contributed by atoms with E-state index in [1.54, 1.807) is 12.1 Å². The lowest BCUT2D eigenvalue weighted by Gasteiger charge is -2.07. The molecule has 0 spiro atoms. The number of aryl methyl sites for hydroxylation is 1. The first-order chi connectivity index (χ1) is 9.47. The Labute approximate surface area is 120 Å². The van der Waals surface area contributed by atoms with Crippen molar-refractivity contribution < 1.29 is 19.1 Å². The van der Waals surface area contributed by atoms with E-state index in [2.05, 4.69) is 0 Å². The topological polar surface area (TPSA) is 52.6 Å². The van der Waals surface area contributed by atoms with Gasteiger partial charge in [-0.05, 0) is 37.0 Å². The van der Waals surface area contributed by atoms with Crippen molar-refractivity contribution in [1.29, 1.82) is 0 Å². The third-order valence-corrected chi connectivity index (χ3v) is 2.56. The SMILES string of the molecule is Cc1cccc(OC(=O)CCCC(=O)OCC(C)C)c1. The van der Waals surface area contributed by atoms with Gasteiger partial charge >= 0.3 is 11.9 Å². The number of rotatable bonds is 7. The molecule has 110 valence electrons. The minimum atomic E-state index is -0.327. The summed E-state index contributed by atoms with van der Waals surface area (Å²) in [7, 11) is 0. The van der Waals surface area contributed by atoms with Gasteiger partial charge in [-0.15, -0.1) is 0 Å². The van der Waals surface area contributed by atoms with Crippen molar-refractivity contribution in [3.63, 3.8) is 0 Å². The van der Waals surface area contributed by atoms with Crippen LogP contribution in [0.25, 0.3) is 0 Å². The van der Waals surface area contributed by atoms with Crippen LogP contribution in [0.4, 0.5) is 0 Å². The van der Waals surface area contributed by atoms with Crippen molar-refractivity contribution >= 4 is 11.9 Å². The Morgan fingerprint density at radius 2 is 1.85 bits per heavy atom. The molecule has 0 unspecified atom stereocenters. The van der Waals surface area contributed by atoms with Crippen LogP contribution in [0.1, 0.15) is 38.7 Å². The molecule has 0 aromatic heterocycles. The first-order valence-electron chi connectivity index (χ1n) is 6.90. The summed E-state index contributed by atoms with van der Waals surface area (Å²) in [5.41, 5.74) is 1.03. The molecule has 1 rings (SSSR count). The van der Waals surface area contributed by atoms with Crippen molar-refractivity contribution in [3.05, 3.63) is 29.8 Å². The van der Waals surface area contributed by atoms with Gasteiger partial charge in [-0.25, -0.2) is 0 Å². The molecule has 0 aliphatic heterocycles. The number of hydrogen-bond donors (Lipinski definition) is 0. The maximum absolute atomic E-state index is 11.6. The fraction of sp³-hybridized carbons (Fsp3) is 0.500. The van der Waals surface area contributed by atoms with Crippen molar-refractivity contribution in [2.24, 2.45) is 5.92 Å². The first-order valence-corrected chi connectivity index (χ1v) is 6.90. The summed E-state index contributed by atoms with van der Waals surface area (Å²) >= 11 is 0. The lowest BCUT2D eigenvalue weighted by molar-refractivity contribution is -0.145. The van der Waals surface area contributed by atoms with E-state index in [1.165, 1.54) is 0 Å². The largest absolute Gasteiger partial charge is 0.465 e. The summed E-state index contributed by atoms with van der Waals surface area (Å²) in [6.45, 7) is 6.31. The third kappa shape index (κ3) is 6.92.